The molecule has 0 fully saturated rings. The smallest absolute Gasteiger partial charge is 0.332 e. The van der Waals surface area contributed by atoms with Crippen LogP contribution in [-0.4, -0.2) is 24.5 Å². The van der Waals surface area contributed by atoms with Crippen molar-refractivity contribution in [2.75, 3.05) is 11.9 Å². The van der Waals surface area contributed by atoms with Crippen LogP contribution in [0, 0.1) is 6.92 Å². The topological polar surface area (TPSA) is 81.7 Å². The van der Waals surface area contributed by atoms with Crippen molar-refractivity contribution in [3.63, 3.8) is 0 Å². The molecule has 1 N–H and O–H groups in total. The van der Waals surface area contributed by atoms with Crippen molar-refractivity contribution in [2.45, 2.75) is 20.0 Å². The zero-order valence-electron chi connectivity index (χ0n) is 15.5. The molecule has 1 amide bonds. The molecule has 0 aromatic heterocycles. The van der Waals surface area contributed by atoms with Crippen molar-refractivity contribution in [3.05, 3.63) is 76.8 Å². The molecule has 0 spiro atoms. The van der Waals surface area contributed by atoms with Gasteiger partial charge in [0.05, 0.1) is 6.61 Å². The summed E-state index contributed by atoms with van der Waals surface area (Å²) in [6, 6.07) is 13.6. The second kappa shape index (κ2) is 10.3. The lowest BCUT2D eigenvalue weighted by Gasteiger charge is -2.17. The van der Waals surface area contributed by atoms with Crippen molar-refractivity contribution in [1.29, 1.82) is 0 Å². The molecule has 0 saturated heterocycles. The van der Waals surface area contributed by atoms with Crippen molar-refractivity contribution in [3.8, 4) is 0 Å². The molecule has 0 radical (unpaired) electrons. The molecule has 0 saturated carbocycles. The summed E-state index contributed by atoms with van der Waals surface area (Å²) in [5.41, 5.74) is 1.82. The molecule has 0 aliphatic heterocycles. The van der Waals surface area contributed by atoms with Crippen LogP contribution in [-0.2, 0) is 23.9 Å². The number of ether oxygens (including phenoxy) is 2. The molecule has 146 valence electrons. The van der Waals surface area contributed by atoms with E-state index in [9.17, 15) is 14.4 Å². The summed E-state index contributed by atoms with van der Waals surface area (Å²) in [5.74, 6) is -2.07. The summed E-state index contributed by atoms with van der Waals surface area (Å²) in [6.45, 7) is 3.68. The van der Waals surface area contributed by atoms with Crippen LogP contribution < -0.4 is 5.32 Å². The first-order valence-corrected chi connectivity index (χ1v) is 8.96. The molecular weight excluding hydrogens is 382 g/mol. The van der Waals surface area contributed by atoms with Gasteiger partial charge in [0.1, 0.15) is 0 Å². The summed E-state index contributed by atoms with van der Waals surface area (Å²) in [4.78, 5) is 36.1. The predicted molar refractivity (Wildman–Crippen MR) is 106 cm³/mol. The highest BCUT2D eigenvalue weighted by atomic mass is 35.5. The Morgan fingerprint density at radius 3 is 2.39 bits per heavy atom. The highest BCUT2D eigenvalue weighted by Crippen LogP contribution is 2.23. The van der Waals surface area contributed by atoms with E-state index >= 15 is 0 Å². The van der Waals surface area contributed by atoms with E-state index in [1.165, 1.54) is 0 Å². The Bertz CT molecular complexity index is 880. The van der Waals surface area contributed by atoms with Gasteiger partial charge in [-0.3, -0.25) is 4.79 Å². The lowest BCUT2D eigenvalue weighted by molar-refractivity contribution is -0.150. The van der Waals surface area contributed by atoms with Crippen LogP contribution in [0.5, 0.6) is 0 Å². The first kappa shape index (κ1) is 21.2. The fraction of sp³-hybridized carbons (Fsp3) is 0.190. The van der Waals surface area contributed by atoms with Gasteiger partial charge in [0.2, 0.25) is 6.10 Å². The van der Waals surface area contributed by atoms with E-state index in [0.29, 0.717) is 16.3 Å². The van der Waals surface area contributed by atoms with E-state index in [-0.39, 0.29) is 6.61 Å². The Hall–Kier alpha value is -3.12. The Balaban J connectivity index is 2.17. The van der Waals surface area contributed by atoms with Gasteiger partial charge in [-0.05, 0) is 31.5 Å². The van der Waals surface area contributed by atoms with E-state index < -0.39 is 23.9 Å². The molecule has 0 aliphatic carbocycles. The van der Waals surface area contributed by atoms with Gasteiger partial charge in [0.25, 0.3) is 5.91 Å². The SMILES string of the molecule is CCOC(=O)/C=C/C(=O)O[C@@H](C(=O)Nc1ccc(C)c(Cl)c1)c1ccccc1. The molecule has 7 heteroatoms. The summed E-state index contributed by atoms with van der Waals surface area (Å²) in [7, 11) is 0. The van der Waals surface area contributed by atoms with E-state index in [1.807, 2.05) is 6.92 Å². The number of anilines is 1. The van der Waals surface area contributed by atoms with Crippen LogP contribution in [0.15, 0.2) is 60.7 Å². The largest absolute Gasteiger partial charge is 0.463 e. The number of rotatable bonds is 7. The highest BCUT2D eigenvalue weighted by molar-refractivity contribution is 6.31. The molecule has 1 atom stereocenters. The average molecular weight is 402 g/mol. The lowest BCUT2D eigenvalue weighted by atomic mass is 10.1. The minimum Gasteiger partial charge on any atom is -0.463 e. The number of hydrogen-bond donors (Lipinski definition) is 1. The van der Waals surface area contributed by atoms with Crippen molar-refractivity contribution < 1.29 is 23.9 Å². The summed E-state index contributed by atoms with van der Waals surface area (Å²) in [5, 5.41) is 3.19. The maximum absolute atomic E-state index is 12.7. The maximum Gasteiger partial charge on any atom is 0.332 e. The third-order valence-corrected chi connectivity index (χ3v) is 4.06. The molecule has 2 aromatic carbocycles. The van der Waals surface area contributed by atoms with Gasteiger partial charge in [-0.1, -0.05) is 48.0 Å². The molecule has 0 aliphatic rings. The average Bonchev–Trinajstić information content (AvgIpc) is 2.68. The number of nitrogens with one attached hydrogen (secondary N) is 1. The van der Waals surface area contributed by atoms with Gasteiger partial charge >= 0.3 is 11.9 Å². The highest BCUT2D eigenvalue weighted by Gasteiger charge is 2.24. The zero-order chi connectivity index (χ0) is 20.5. The first-order valence-electron chi connectivity index (χ1n) is 8.58. The number of benzene rings is 2. The zero-order valence-corrected chi connectivity index (χ0v) is 16.2. The number of amides is 1. The minimum absolute atomic E-state index is 0.187. The summed E-state index contributed by atoms with van der Waals surface area (Å²) in [6.07, 6.45) is 0.663. The summed E-state index contributed by atoms with van der Waals surface area (Å²) >= 11 is 6.09. The Kier molecular flexibility index (Phi) is 7.77. The second-order valence-electron chi connectivity index (χ2n) is 5.77. The molecule has 2 aromatic rings. The molecule has 6 nitrogen and oxygen atoms in total. The van der Waals surface area contributed by atoms with E-state index in [4.69, 9.17) is 21.1 Å². The number of halogens is 1. The second-order valence-corrected chi connectivity index (χ2v) is 6.17. The van der Waals surface area contributed by atoms with Crippen LogP contribution in [0.1, 0.15) is 24.2 Å². The number of hydrogen-bond acceptors (Lipinski definition) is 5. The van der Waals surface area contributed by atoms with Crippen molar-refractivity contribution in [2.24, 2.45) is 0 Å². The number of carbonyl (C=O) groups is 3. The van der Waals surface area contributed by atoms with Crippen molar-refractivity contribution in [1.82, 2.24) is 0 Å². The minimum atomic E-state index is -1.21. The van der Waals surface area contributed by atoms with E-state index in [0.717, 1.165) is 17.7 Å². The van der Waals surface area contributed by atoms with Crippen LogP contribution in [0.4, 0.5) is 5.69 Å². The lowest BCUT2D eigenvalue weighted by Crippen LogP contribution is -2.25. The number of esters is 2. The van der Waals surface area contributed by atoms with Crippen molar-refractivity contribution >= 4 is 35.1 Å². The van der Waals surface area contributed by atoms with Gasteiger partial charge < -0.3 is 14.8 Å². The quantitative estimate of drug-likeness (QED) is 0.560. The number of carbonyl (C=O) groups excluding carboxylic acids is 3. The first-order chi connectivity index (χ1) is 13.4. The third-order valence-electron chi connectivity index (χ3n) is 3.66. The molecule has 0 unspecified atom stereocenters. The van der Waals surface area contributed by atoms with Gasteiger partial charge in [-0.15, -0.1) is 0 Å². The normalized spacial score (nSPS) is 11.7. The Morgan fingerprint density at radius 1 is 1.07 bits per heavy atom. The van der Waals surface area contributed by atoms with Crippen LogP contribution in [0.25, 0.3) is 0 Å². The van der Waals surface area contributed by atoms with Gasteiger partial charge in [0.15, 0.2) is 0 Å². The monoisotopic (exact) mass is 401 g/mol. The molecular formula is C21H20ClNO5. The molecule has 2 rings (SSSR count). The summed E-state index contributed by atoms with van der Waals surface area (Å²) < 4.78 is 9.98. The van der Waals surface area contributed by atoms with Gasteiger partial charge in [-0.2, -0.15) is 0 Å². The maximum atomic E-state index is 12.7. The van der Waals surface area contributed by atoms with Gasteiger partial charge in [0, 0.05) is 28.4 Å². The van der Waals surface area contributed by atoms with E-state index in [2.05, 4.69) is 5.32 Å². The standard InChI is InChI=1S/C21H20ClNO5/c1-3-27-18(24)11-12-19(25)28-20(15-7-5-4-6-8-15)21(26)23-16-10-9-14(2)17(22)13-16/h4-13,20H,3H2,1-2H3,(H,23,26)/b12-11+/t20-/m1/s1. The molecule has 0 heterocycles. The van der Waals surface area contributed by atoms with Crippen LogP contribution >= 0.6 is 11.6 Å². The third kappa shape index (κ3) is 6.25. The van der Waals surface area contributed by atoms with Crippen LogP contribution in [0.2, 0.25) is 5.02 Å². The number of aryl methyl sites for hydroxylation is 1. The fourth-order valence-corrected chi connectivity index (χ4v) is 2.44. The van der Waals surface area contributed by atoms with E-state index in [1.54, 1.807) is 55.5 Å². The molecule has 0 bridgehead atoms. The fourth-order valence-electron chi connectivity index (χ4n) is 2.26. The Morgan fingerprint density at radius 2 is 1.75 bits per heavy atom. The Labute approximate surface area is 168 Å². The molecule has 28 heavy (non-hydrogen) atoms. The van der Waals surface area contributed by atoms with Crippen LogP contribution in [0.3, 0.4) is 0 Å². The van der Waals surface area contributed by atoms with Gasteiger partial charge in [-0.25, -0.2) is 9.59 Å². The predicted octanol–water partition coefficient (Wildman–Crippen LogP) is 3.99.